The van der Waals surface area contributed by atoms with Crippen LogP contribution in [-0.4, -0.2) is 38.0 Å². The van der Waals surface area contributed by atoms with E-state index in [9.17, 15) is 0 Å². The Morgan fingerprint density at radius 1 is 1.11 bits per heavy atom. The molecule has 7 nitrogen and oxygen atoms in total. The van der Waals surface area contributed by atoms with Crippen LogP contribution >= 0.6 is 0 Å². The molecular formula is C21H21N7. The van der Waals surface area contributed by atoms with Gasteiger partial charge in [-0.05, 0) is 36.6 Å². The molecule has 4 heterocycles. The molecule has 140 valence electrons. The number of H-pyrrole nitrogens is 1. The van der Waals surface area contributed by atoms with E-state index < -0.39 is 0 Å². The lowest BCUT2D eigenvalue weighted by Crippen LogP contribution is -2.35. The molecule has 7 heteroatoms. The van der Waals surface area contributed by atoms with Crippen molar-refractivity contribution in [3.05, 3.63) is 67.0 Å². The Bertz CT molecular complexity index is 1080. The first-order chi connectivity index (χ1) is 13.9. The van der Waals surface area contributed by atoms with Gasteiger partial charge in [-0.3, -0.25) is 4.98 Å². The monoisotopic (exact) mass is 371 g/mol. The SMILES string of the molecule is c1cc(Nc2cnccn2)cc(C2CCCN(c3ncnc4[nH]ccc34)C2)c1. The molecule has 1 fully saturated rings. The number of anilines is 3. The first-order valence-corrected chi connectivity index (χ1v) is 9.53. The van der Waals surface area contributed by atoms with Crippen molar-refractivity contribution in [1.82, 2.24) is 24.9 Å². The normalized spacial score (nSPS) is 17.0. The van der Waals surface area contributed by atoms with Crippen molar-refractivity contribution in [2.75, 3.05) is 23.3 Å². The molecule has 1 aromatic carbocycles. The van der Waals surface area contributed by atoms with Crippen LogP contribution in [0.15, 0.2) is 61.4 Å². The van der Waals surface area contributed by atoms with Crippen molar-refractivity contribution in [1.29, 1.82) is 0 Å². The second kappa shape index (κ2) is 7.26. The zero-order valence-electron chi connectivity index (χ0n) is 15.4. The molecule has 0 saturated carbocycles. The highest BCUT2D eigenvalue weighted by molar-refractivity contribution is 5.87. The fourth-order valence-corrected chi connectivity index (χ4v) is 3.93. The van der Waals surface area contributed by atoms with E-state index in [1.165, 1.54) is 12.0 Å². The Hall–Kier alpha value is -3.48. The fourth-order valence-electron chi connectivity index (χ4n) is 3.93. The first-order valence-electron chi connectivity index (χ1n) is 9.53. The van der Waals surface area contributed by atoms with Crippen LogP contribution < -0.4 is 10.2 Å². The second-order valence-corrected chi connectivity index (χ2v) is 7.06. The van der Waals surface area contributed by atoms with Crippen LogP contribution in [0.3, 0.4) is 0 Å². The highest BCUT2D eigenvalue weighted by Crippen LogP contribution is 2.32. The van der Waals surface area contributed by atoms with Gasteiger partial charge in [0.25, 0.3) is 0 Å². The van der Waals surface area contributed by atoms with Crippen molar-refractivity contribution >= 4 is 28.4 Å². The Morgan fingerprint density at radius 2 is 2.11 bits per heavy atom. The largest absolute Gasteiger partial charge is 0.355 e. The van der Waals surface area contributed by atoms with Gasteiger partial charge >= 0.3 is 0 Å². The number of fused-ring (bicyclic) bond motifs is 1. The minimum Gasteiger partial charge on any atom is -0.355 e. The van der Waals surface area contributed by atoms with E-state index in [-0.39, 0.29) is 0 Å². The van der Waals surface area contributed by atoms with Crippen LogP contribution in [0.2, 0.25) is 0 Å². The predicted molar refractivity (Wildman–Crippen MR) is 110 cm³/mol. The lowest BCUT2D eigenvalue weighted by molar-refractivity contribution is 0.508. The predicted octanol–water partition coefficient (Wildman–Crippen LogP) is 3.88. The number of benzene rings is 1. The summed E-state index contributed by atoms with van der Waals surface area (Å²) >= 11 is 0. The molecule has 0 aliphatic carbocycles. The van der Waals surface area contributed by atoms with Crippen LogP contribution in [0.25, 0.3) is 11.0 Å². The van der Waals surface area contributed by atoms with E-state index in [0.717, 1.165) is 47.9 Å². The van der Waals surface area contributed by atoms with Gasteiger partial charge in [-0.15, -0.1) is 0 Å². The summed E-state index contributed by atoms with van der Waals surface area (Å²) in [4.78, 5) is 22.8. The van der Waals surface area contributed by atoms with Crippen molar-refractivity contribution < 1.29 is 0 Å². The second-order valence-electron chi connectivity index (χ2n) is 7.06. The van der Waals surface area contributed by atoms with Gasteiger partial charge in [-0.2, -0.15) is 0 Å². The van der Waals surface area contributed by atoms with Gasteiger partial charge in [0.05, 0.1) is 11.6 Å². The summed E-state index contributed by atoms with van der Waals surface area (Å²) in [5.74, 6) is 2.23. The van der Waals surface area contributed by atoms with Crippen LogP contribution in [-0.2, 0) is 0 Å². The Balaban J connectivity index is 1.38. The number of aromatic nitrogens is 5. The summed E-state index contributed by atoms with van der Waals surface area (Å²) in [7, 11) is 0. The number of piperidine rings is 1. The summed E-state index contributed by atoms with van der Waals surface area (Å²) in [6.45, 7) is 1.97. The van der Waals surface area contributed by atoms with Crippen molar-refractivity contribution in [2.24, 2.45) is 0 Å². The number of aromatic amines is 1. The molecule has 2 N–H and O–H groups in total. The number of hydrogen-bond acceptors (Lipinski definition) is 6. The van der Waals surface area contributed by atoms with Gasteiger partial charge in [0.1, 0.15) is 23.6 Å². The maximum atomic E-state index is 4.57. The topological polar surface area (TPSA) is 82.6 Å². The molecule has 1 saturated heterocycles. The van der Waals surface area contributed by atoms with Gasteiger partial charge in [0, 0.05) is 43.3 Å². The van der Waals surface area contributed by atoms with Crippen LogP contribution in [0.4, 0.5) is 17.3 Å². The van der Waals surface area contributed by atoms with E-state index >= 15 is 0 Å². The number of hydrogen-bond donors (Lipinski definition) is 2. The van der Waals surface area contributed by atoms with Gasteiger partial charge in [-0.1, -0.05) is 12.1 Å². The quantitative estimate of drug-likeness (QED) is 0.567. The van der Waals surface area contributed by atoms with Crippen molar-refractivity contribution in [3.63, 3.8) is 0 Å². The third-order valence-electron chi connectivity index (χ3n) is 5.25. The van der Waals surface area contributed by atoms with Crippen LogP contribution in [0.1, 0.15) is 24.3 Å². The highest BCUT2D eigenvalue weighted by Gasteiger charge is 2.24. The maximum absolute atomic E-state index is 4.57. The molecular weight excluding hydrogens is 350 g/mol. The molecule has 1 aliphatic heterocycles. The molecule has 0 radical (unpaired) electrons. The van der Waals surface area contributed by atoms with E-state index in [4.69, 9.17) is 0 Å². The molecule has 0 amide bonds. The molecule has 3 aromatic heterocycles. The standard InChI is InChI=1S/C21H21N7/c1-3-15(11-17(5-1)27-19-12-22-8-9-23-19)16-4-2-10-28(13-16)21-18-6-7-24-20(18)25-14-26-21/h1,3,5-9,11-12,14,16H,2,4,10,13H2,(H,23,27)(H,24,25,26). The smallest absolute Gasteiger partial charge is 0.148 e. The van der Waals surface area contributed by atoms with Crippen LogP contribution in [0.5, 0.6) is 0 Å². The molecule has 1 atom stereocenters. The summed E-state index contributed by atoms with van der Waals surface area (Å²) < 4.78 is 0. The van der Waals surface area contributed by atoms with Gasteiger partial charge < -0.3 is 15.2 Å². The van der Waals surface area contributed by atoms with E-state index in [1.54, 1.807) is 24.9 Å². The lowest BCUT2D eigenvalue weighted by Gasteiger charge is -2.34. The molecule has 0 bridgehead atoms. The third-order valence-corrected chi connectivity index (χ3v) is 5.25. The first kappa shape index (κ1) is 16.7. The molecule has 1 aliphatic rings. The van der Waals surface area contributed by atoms with E-state index in [1.807, 2.05) is 6.20 Å². The van der Waals surface area contributed by atoms with Crippen molar-refractivity contribution in [2.45, 2.75) is 18.8 Å². The Kier molecular flexibility index (Phi) is 4.33. The van der Waals surface area contributed by atoms with Gasteiger partial charge in [0.15, 0.2) is 0 Å². The third kappa shape index (κ3) is 3.26. The van der Waals surface area contributed by atoms with Gasteiger partial charge in [-0.25, -0.2) is 15.0 Å². The Morgan fingerprint density at radius 3 is 3.04 bits per heavy atom. The summed E-state index contributed by atoms with van der Waals surface area (Å²) in [5.41, 5.74) is 3.26. The lowest BCUT2D eigenvalue weighted by atomic mass is 9.90. The number of rotatable bonds is 4. The Labute approximate surface area is 162 Å². The average Bonchev–Trinajstić information content (AvgIpc) is 3.24. The van der Waals surface area contributed by atoms with Gasteiger partial charge in [0.2, 0.25) is 0 Å². The minimum absolute atomic E-state index is 0.460. The van der Waals surface area contributed by atoms with Crippen molar-refractivity contribution in [3.8, 4) is 0 Å². The number of nitrogens with zero attached hydrogens (tertiary/aromatic N) is 5. The zero-order valence-corrected chi connectivity index (χ0v) is 15.4. The number of nitrogens with one attached hydrogen (secondary N) is 2. The molecule has 5 rings (SSSR count). The summed E-state index contributed by atoms with van der Waals surface area (Å²) in [5, 5.41) is 4.42. The summed E-state index contributed by atoms with van der Waals surface area (Å²) in [6.07, 6.45) is 11.0. The molecule has 4 aromatic rings. The van der Waals surface area contributed by atoms with E-state index in [0.29, 0.717) is 5.92 Å². The molecule has 1 unspecified atom stereocenters. The fraction of sp³-hybridized carbons (Fsp3) is 0.238. The molecule has 28 heavy (non-hydrogen) atoms. The van der Waals surface area contributed by atoms with E-state index in [2.05, 4.69) is 65.5 Å². The minimum atomic E-state index is 0.460. The average molecular weight is 371 g/mol. The zero-order chi connectivity index (χ0) is 18.8. The van der Waals surface area contributed by atoms with Crippen LogP contribution in [0, 0.1) is 0 Å². The maximum Gasteiger partial charge on any atom is 0.148 e. The highest BCUT2D eigenvalue weighted by atomic mass is 15.2. The summed E-state index contributed by atoms with van der Waals surface area (Å²) in [6, 6.07) is 10.6. The molecule has 0 spiro atoms.